The van der Waals surface area contributed by atoms with E-state index in [-0.39, 0.29) is 0 Å². The summed E-state index contributed by atoms with van der Waals surface area (Å²) in [5, 5.41) is 17.5. The van der Waals surface area contributed by atoms with E-state index >= 15 is 0 Å². The highest BCUT2D eigenvalue weighted by atomic mass is 15.3. The van der Waals surface area contributed by atoms with E-state index in [2.05, 4.69) is 30.7 Å². The van der Waals surface area contributed by atoms with Crippen molar-refractivity contribution in [2.45, 2.75) is 13.1 Å². The number of fused-ring (bicyclic) bond motifs is 1. The lowest BCUT2D eigenvalue weighted by atomic mass is 10.2. The monoisotopic (exact) mass is 302 g/mol. The number of hydrogen-bond donors (Lipinski definition) is 0. The van der Waals surface area contributed by atoms with Crippen LogP contribution in [0, 0.1) is 11.3 Å². The van der Waals surface area contributed by atoms with Crippen molar-refractivity contribution in [3.05, 3.63) is 60.0 Å². The molecular formula is C17H14N6. The molecule has 0 fully saturated rings. The molecule has 3 heterocycles. The largest absolute Gasteiger partial charge is 0.347 e. The van der Waals surface area contributed by atoms with E-state index in [0.717, 1.165) is 36.1 Å². The van der Waals surface area contributed by atoms with Gasteiger partial charge in [0.25, 0.3) is 0 Å². The molecule has 2 aromatic heterocycles. The summed E-state index contributed by atoms with van der Waals surface area (Å²) < 4.78 is 2.16. The summed E-state index contributed by atoms with van der Waals surface area (Å²) in [5.74, 6) is 2.70. The fourth-order valence-corrected chi connectivity index (χ4v) is 2.79. The van der Waals surface area contributed by atoms with E-state index in [1.165, 1.54) is 0 Å². The van der Waals surface area contributed by atoms with Crippen molar-refractivity contribution in [2.24, 2.45) is 0 Å². The minimum atomic E-state index is 0.570. The normalized spacial score (nSPS) is 13.4. The van der Waals surface area contributed by atoms with Crippen LogP contribution in [0.15, 0.2) is 48.7 Å². The summed E-state index contributed by atoms with van der Waals surface area (Å²) in [6, 6.07) is 15.9. The van der Waals surface area contributed by atoms with Gasteiger partial charge in [0.05, 0.1) is 12.1 Å². The van der Waals surface area contributed by atoms with Crippen LogP contribution < -0.4 is 4.90 Å². The first-order valence-electron chi connectivity index (χ1n) is 7.44. The maximum Gasteiger partial charge on any atom is 0.164 e. The van der Waals surface area contributed by atoms with Crippen molar-refractivity contribution in [1.29, 1.82) is 5.26 Å². The molecule has 0 bridgehead atoms. The summed E-state index contributed by atoms with van der Waals surface area (Å²) in [5.41, 5.74) is 1.65. The van der Waals surface area contributed by atoms with Gasteiger partial charge in [0.15, 0.2) is 11.6 Å². The maximum absolute atomic E-state index is 8.85. The molecule has 0 spiro atoms. The Hall–Kier alpha value is -3.20. The summed E-state index contributed by atoms with van der Waals surface area (Å²) in [4.78, 5) is 6.51. The zero-order valence-electron chi connectivity index (χ0n) is 12.4. The number of anilines is 1. The van der Waals surface area contributed by atoms with Crippen LogP contribution in [0.5, 0.6) is 0 Å². The lowest BCUT2D eigenvalue weighted by Gasteiger charge is -2.28. The first kappa shape index (κ1) is 13.5. The molecule has 0 N–H and O–H groups in total. The van der Waals surface area contributed by atoms with Gasteiger partial charge in [0.2, 0.25) is 0 Å². The smallest absolute Gasteiger partial charge is 0.164 e. The van der Waals surface area contributed by atoms with Crippen molar-refractivity contribution in [1.82, 2.24) is 19.7 Å². The van der Waals surface area contributed by atoms with Crippen LogP contribution in [0.4, 0.5) is 5.82 Å². The van der Waals surface area contributed by atoms with Gasteiger partial charge in [-0.2, -0.15) is 5.26 Å². The van der Waals surface area contributed by atoms with E-state index < -0.39 is 0 Å². The molecule has 1 aromatic carbocycles. The van der Waals surface area contributed by atoms with Crippen molar-refractivity contribution >= 4 is 5.82 Å². The van der Waals surface area contributed by atoms with Crippen LogP contribution in [-0.4, -0.2) is 26.3 Å². The van der Waals surface area contributed by atoms with Gasteiger partial charge in [-0.05, 0) is 12.1 Å². The quantitative estimate of drug-likeness (QED) is 0.726. The summed E-state index contributed by atoms with van der Waals surface area (Å²) in [6.45, 7) is 2.32. The van der Waals surface area contributed by atoms with Crippen LogP contribution in [0.25, 0.3) is 11.4 Å². The van der Waals surface area contributed by atoms with Gasteiger partial charge in [-0.25, -0.2) is 4.98 Å². The standard InChI is InChI=1S/C17H14N6/c18-10-13-6-7-15(19-11-13)22-8-9-23-16(12-22)20-21-17(23)14-4-2-1-3-5-14/h1-7,11H,8-9,12H2. The lowest BCUT2D eigenvalue weighted by molar-refractivity contribution is 0.560. The van der Waals surface area contributed by atoms with Crippen molar-refractivity contribution < 1.29 is 0 Å². The molecule has 0 aliphatic carbocycles. The third kappa shape index (κ3) is 2.42. The van der Waals surface area contributed by atoms with Gasteiger partial charge < -0.3 is 9.47 Å². The Morgan fingerprint density at radius 3 is 2.61 bits per heavy atom. The molecule has 0 saturated heterocycles. The maximum atomic E-state index is 8.85. The Balaban J connectivity index is 1.61. The Labute approximate surface area is 133 Å². The average molecular weight is 302 g/mol. The second kappa shape index (κ2) is 5.54. The van der Waals surface area contributed by atoms with Crippen molar-refractivity contribution in [3.8, 4) is 17.5 Å². The van der Waals surface area contributed by atoms with E-state index in [0.29, 0.717) is 12.1 Å². The first-order chi connectivity index (χ1) is 11.3. The highest BCUT2D eigenvalue weighted by Gasteiger charge is 2.22. The van der Waals surface area contributed by atoms with Crippen molar-refractivity contribution in [2.75, 3.05) is 11.4 Å². The minimum absolute atomic E-state index is 0.570. The fraction of sp³-hybridized carbons (Fsp3) is 0.176. The number of nitriles is 1. The van der Waals surface area contributed by atoms with Crippen LogP contribution in [0.3, 0.4) is 0 Å². The minimum Gasteiger partial charge on any atom is -0.347 e. The van der Waals surface area contributed by atoms with E-state index in [1.54, 1.807) is 12.3 Å². The number of pyridine rings is 1. The molecule has 0 radical (unpaired) electrons. The molecule has 0 amide bonds. The molecule has 0 unspecified atom stereocenters. The third-order valence-electron chi connectivity index (χ3n) is 3.99. The first-order valence-corrected chi connectivity index (χ1v) is 7.44. The Morgan fingerprint density at radius 2 is 1.87 bits per heavy atom. The molecule has 3 aromatic rings. The predicted molar refractivity (Wildman–Crippen MR) is 85.5 cm³/mol. The number of rotatable bonds is 2. The highest BCUT2D eigenvalue weighted by molar-refractivity contribution is 5.55. The number of benzene rings is 1. The summed E-state index contributed by atoms with van der Waals surface area (Å²) in [6.07, 6.45) is 1.60. The van der Waals surface area contributed by atoms with Crippen LogP contribution in [0.1, 0.15) is 11.4 Å². The number of nitrogens with zero attached hydrogens (tertiary/aromatic N) is 6. The summed E-state index contributed by atoms with van der Waals surface area (Å²) >= 11 is 0. The van der Waals surface area contributed by atoms with E-state index in [1.807, 2.05) is 36.4 Å². The Bertz CT molecular complexity index is 860. The van der Waals surface area contributed by atoms with E-state index in [9.17, 15) is 0 Å². The predicted octanol–water partition coefficient (Wildman–Crippen LogP) is 2.23. The lowest BCUT2D eigenvalue weighted by Crippen LogP contribution is -2.34. The summed E-state index contributed by atoms with van der Waals surface area (Å²) in [7, 11) is 0. The zero-order valence-corrected chi connectivity index (χ0v) is 12.4. The van der Waals surface area contributed by atoms with Crippen LogP contribution >= 0.6 is 0 Å². The molecule has 6 nitrogen and oxygen atoms in total. The topological polar surface area (TPSA) is 70.6 Å². The second-order valence-electron chi connectivity index (χ2n) is 5.40. The third-order valence-corrected chi connectivity index (χ3v) is 3.99. The second-order valence-corrected chi connectivity index (χ2v) is 5.40. The number of hydrogen-bond acceptors (Lipinski definition) is 5. The van der Waals surface area contributed by atoms with Gasteiger partial charge in [-0.1, -0.05) is 30.3 Å². The van der Waals surface area contributed by atoms with Crippen LogP contribution in [-0.2, 0) is 13.1 Å². The SMILES string of the molecule is N#Cc1ccc(N2CCn3c(nnc3-c3ccccc3)C2)nc1. The molecule has 23 heavy (non-hydrogen) atoms. The number of aromatic nitrogens is 4. The Morgan fingerprint density at radius 1 is 1.00 bits per heavy atom. The molecular weight excluding hydrogens is 288 g/mol. The van der Waals surface area contributed by atoms with Gasteiger partial charge >= 0.3 is 0 Å². The van der Waals surface area contributed by atoms with Crippen molar-refractivity contribution in [3.63, 3.8) is 0 Å². The van der Waals surface area contributed by atoms with Gasteiger partial charge in [-0.15, -0.1) is 10.2 Å². The molecule has 6 heteroatoms. The molecule has 4 rings (SSSR count). The van der Waals surface area contributed by atoms with Gasteiger partial charge in [-0.3, -0.25) is 0 Å². The van der Waals surface area contributed by atoms with Crippen LogP contribution in [0.2, 0.25) is 0 Å². The molecule has 1 aliphatic rings. The van der Waals surface area contributed by atoms with Gasteiger partial charge in [0.1, 0.15) is 11.9 Å². The molecule has 0 atom stereocenters. The molecule has 112 valence electrons. The Kier molecular flexibility index (Phi) is 3.24. The van der Waals surface area contributed by atoms with E-state index in [4.69, 9.17) is 5.26 Å². The van der Waals surface area contributed by atoms with Gasteiger partial charge in [0, 0.05) is 24.8 Å². The zero-order chi connectivity index (χ0) is 15.6. The molecule has 1 aliphatic heterocycles. The fourth-order valence-electron chi connectivity index (χ4n) is 2.79. The average Bonchev–Trinajstić information content (AvgIpc) is 3.06. The molecule has 0 saturated carbocycles. The highest BCUT2D eigenvalue weighted by Crippen LogP contribution is 2.23.